The molecule has 3 aromatic rings. The van der Waals surface area contributed by atoms with Gasteiger partial charge in [-0.15, -0.1) is 0 Å². The van der Waals surface area contributed by atoms with Crippen LogP contribution in [0, 0.1) is 6.92 Å². The van der Waals surface area contributed by atoms with Gasteiger partial charge in [0.25, 0.3) is 0 Å². The van der Waals surface area contributed by atoms with Gasteiger partial charge in [0.1, 0.15) is 5.75 Å². The van der Waals surface area contributed by atoms with Crippen LogP contribution in [0.1, 0.15) is 37.2 Å². The van der Waals surface area contributed by atoms with E-state index in [0.29, 0.717) is 28.5 Å². The molecule has 5 rings (SSSR count). The van der Waals surface area contributed by atoms with Gasteiger partial charge in [-0.25, -0.2) is 4.79 Å². The van der Waals surface area contributed by atoms with E-state index in [9.17, 15) is 14.7 Å². The number of benzene rings is 3. The van der Waals surface area contributed by atoms with Crippen molar-refractivity contribution in [2.45, 2.75) is 25.2 Å². The maximum atomic E-state index is 13.3. The molecule has 3 aromatic carbocycles. The fraction of sp³-hybridized carbons (Fsp3) is 0.231. The molecule has 172 valence electrons. The van der Waals surface area contributed by atoms with Crippen molar-refractivity contribution in [2.24, 2.45) is 0 Å². The van der Waals surface area contributed by atoms with Gasteiger partial charge < -0.3 is 24.6 Å². The summed E-state index contributed by atoms with van der Waals surface area (Å²) in [6.07, 6.45) is 1.52. The van der Waals surface area contributed by atoms with E-state index in [1.165, 1.54) is 13.2 Å². The molecule has 0 spiro atoms. The Morgan fingerprint density at radius 3 is 2.55 bits per heavy atom. The van der Waals surface area contributed by atoms with E-state index in [-0.39, 0.29) is 21.1 Å². The number of aryl methyl sites for hydroxylation is 1. The average Bonchev–Trinajstić information content (AvgIpc) is 3.50. The summed E-state index contributed by atoms with van der Waals surface area (Å²) in [6, 6.07) is 16.2. The van der Waals surface area contributed by atoms with Crippen molar-refractivity contribution < 1.29 is 31.8 Å². The summed E-state index contributed by atoms with van der Waals surface area (Å²) in [7, 11) is 1.50. The number of aromatic carboxylic acids is 1. The number of carbonyl (C=O) groups excluding carboxylic acids is 1. The molecular weight excluding hydrogens is 422 g/mol. The van der Waals surface area contributed by atoms with Crippen molar-refractivity contribution in [3.8, 4) is 28.4 Å². The van der Waals surface area contributed by atoms with Gasteiger partial charge in [-0.1, -0.05) is 12.1 Å². The first-order valence-corrected chi connectivity index (χ1v) is 10.6. The van der Waals surface area contributed by atoms with Gasteiger partial charge in [0.2, 0.25) is 12.7 Å². The number of anilines is 1. The number of carboxylic acids is 1. The summed E-state index contributed by atoms with van der Waals surface area (Å²) >= 11 is 0. The SMILES string of the molecule is COc1cc(C(=O)O)cc(-c2cc(NC(=O)C3(c4ccc5c(c4)OCO5)CC3)ccc2C)c1.[HH].[HH]. The third-order valence-electron chi connectivity index (χ3n) is 6.31. The van der Waals surface area contributed by atoms with Gasteiger partial charge in [-0.2, -0.15) is 0 Å². The normalized spacial score (nSPS) is 15.1. The lowest BCUT2D eigenvalue weighted by Gasteiger charge is -2.17. The van der Waals surface area contributed by atoms with Crippen molar-refractivity contribution >= 4 is 17.6 Å². The number of amides is 1. The van der Waals surface area contributed by atoms with Crippen molar-refractivity contribution in [2.75, 3.05) is 19.2 Å². The van der Waals surface area contributed by atoms with Crippen LogP contribution in [-0.4, -0.2) is 30.9 Å². The number of methoxy groups -OCH3 is 1. The molecule has 0 bridgehead atoms. The summed E-state index contributed by atoms with van der Waals surface area (Å²) < 4.78 is 16.1. The molecule has 33 heavy (non-hydrogen) atoms. The van der Waals surface area contributed by atoms with Crippen LogP contribution >= 0.6 is 0 Å². The number of hydrogen-bond donors (Lipinski definition) is 2. The van der Waals surface area contributed by atoms with Gasteiger partial charge in [0, 0.05) is 8.54 Å². The molecule has 1 aliphatic heterocycles. The lowest BCUT2D eigenvalue weighted by Crippen LogP contribution is -2.27. The second-order valence-electron chi connectivity index (χ2n) is 8.39. The lowest BCUT2D eigenvalue weighted by atomic mass is 9.94. The maximum Gasteiger partial charge on any atom is 0.335 e. The Kier molecular flexibility index (Phi) is 4.96. The largest absolute Gasteiger partial charge is 0.497 e. The van der Waals surface area contributed by atoms with E-state index in [4.69, 9.17) is 14.2 Å². The van der Waals surface area contributed by atoms with E-state index in [0.717, 1.165) is 29.5 Å². The topological polar surface area (TPSA) is 94.1 Å². The first-order chi connectivity index (χ1) is 15.9. The minimum Gasteiger partial charge on any atom is -0.497 e. The van der Waals surface area contributed by atoms with Crippen LogP contribution in [0.25, 0.3) is 11.1 Å². The highest BCUT2D eigenvalue weighted by Crippen LogP contribution is 2.51. The minimum absolute atomic E-state index is 0. The number of hydrogen-bond acceptors (Lipinski definition) is 5. The van der Waals surface area contributed by atoms with Gasteiger partial charge in [-0.05, 0) is 84.5 Å². The minimum atomic E-state index is -1.03. The highest BCUT2D eigenvalue weighted by Gasteiger charge is 2.51. The van der Waals surface area contributed by atoms with Crippen LogP contribution in [0.5, 0.6) is 17.2 Å². The maximum absolute atomic E-state index is 13.3. The molecule has 1 fully saturated rings. The standard InChI is InChI=1S/C26H23NO6.2H2/c1-15-3-5-19(13-21(15)16-9-17(24(28)29)11-20(10-16)31-2)27-25(30)26(7-8-26)18-4-6-22-23(12-18)33-14-32-22;;/h3-6,9-13H,7-8,14H2,1-2H3,(H,27,30)(H,28,29);2*1H. The number of ether oxygens (including phenoxy) is 3. The van der Waals surface area contributed by atoms with Gasteiger partial charge in [-0.3, -0.25) is 4.79 Å². The molecule has 7 heteroatoms. The smallest absolute Gasteiger partial charge is 0.335 e. The fourth-order valence-electron chi connectivity index (χ4n) is 4.22. The second kappa shape index (κ2) is 7.85. The molecule has 2 aliphatic rings. The van der Waals surface area contributed by atoms with Crippen LogP contribution in [0.2, 0.25) is 0 Å². The predicted octanol–water partition coefficient (Wildman–Crippen LogP) is 5.26. The molecule has 2 N–H and O–H groups in total. The van der Waals surface area contributed by atoms with E-state index in [1.807, 2.05) is 43.3 Å². The van der Waals surface area contributed by atoms with E-state index in [1.54, 1.807) is 12.1 Å². The Morgan fingerprint density at radius 2 is 1.82 bits per heavy atom. The fourth-order valence-corrected chi connectivity index (χ4v) is 4.22. The molecule has 0 atom stereocenters. The number of carbonyl (C=O) groups is 2. The number of carboxylic acid groups (broad SMARTS) is 1. The molecule has 1 aliphatic carbocycles. The molecular formula is C26H27NO6. The molecule has 1 heterocycles. The molecule has 0 saturated heterocycles. The lowest BCUT2D eigenvalue weighted by molar-refractivity contribution is -0.118. The monoisotopic (exact) mass is 449 g/mol. The van der Waals surface area contributed by atoms with Crippen molar-refractivity contribution in [3.05, 3.63) is 71.3 Å². The van der Waals surface area contributed by atoms with Crippen LogP contribution in [0.4, 0.5) is 5.69 Å². The number of fused-ring (bicyclic) bond motifs is 1. The summed E-state index contributed by atoms with van der Waals surface area (Å²) in [5, 5.41) is 12.5. The van der Waals surface area contributed by atoms with Crippen LogP contribution in [-0.2, 0) is 10.2 Å². The van der Waals surface area contributed by atoms with Crippen LogP contribution < -0.4 is 19.5 Å². The zero-order chi connectivity index (χ0) is 23.2. The Morgan fingerprint density at radius 1 is 1.03 bits per heavy atom. The molecule has 7 nitrogen and oxygen atoms in total. The summed E-state index contributed by atoms with van der Waals surface area (Å²) in [4.78, 5) is 24.8. The van der Waals surface area contributed by atoms with Crippen molar-refractivity contribution in [1.82, 2.24) is 0 Å². The zero-order valence-electron chi connectivity index (χ0n) is 18.3. The third-order valence-corrected chi connectivity index (χ3v) is 6.31. The first-order valence-electron chi connectivity index (χ1n) is 10.6. The molecule has 0 radical (unpaired) electrons. The quantitative estimate of drug-likeness (QED) is 0.533. The predicted molar refractivity (Wildman–Crippen MR) is 126 cm³/mol. The third kappa shape index (κ3) is 3.75. The Balaban J connectivity index is 0.00000171. The van der Waals surface area contributed by atoms with Crippen molar-refractivity contribution in [3.63, 3.8) is 0 Å². The molecule has 1 amide bonds. The van der Waals surface area contributed by atoms with E-state index < -0.39 is 11.4 Å². The Hall–Kier alpha value is -4.00. The molecule has 0 unspecified atom stereocenters. The molecule has 0 aromatic heterocycles. The number of rotatable bonds is 6. The summed E-state index contributed by atoms with van der Waals surface area (Å²) in [5.74, 6) is 0.705. The summed E-state index contributed by atoms with van der Waals surface area (Å²) in [6.45, 7) is 2.13. The average molecular weight is 450 g/mol. The summed E-state index contributed by atoms with van der Waals surface area (Å²) in [5.41, 5.74) is 3.59. The second-order valence-corrected chi connectivity index (χ2v) is 8.39. The van der Waals surface area contributed by atoms with E-state index in [2.05, 4.69) is 5.32 Å². The van der Waals surface area contributed by atoms with Crippen molar-refractivity contribution in [1.29, 1.82) is 0 Å². The van der Waals surface area contributed by atoms with Gasteiger partial charge in [0.05, 0.1) is 18.1 Å². The van der Waals surface area contributed by atoms with E-state index >= 15 is 0 Å². The van der Waals surface area contributed by atoms with Crippen LogP contribution in [0.3, 0.4) is 0 Å². The number of nitrogens with one attached hydrogen (secondary N) is 1. The molecule has 1 saturated carbocycles. The zero-order valence-corrected chi connectivity index (χ0v) is 18.3. The Labute approximate surface area is 193 Å². The highest BCUT2D eigenvalue weighted by molar-refractivity contribution is 6.02. The van der Waals surface area contributed by atoms with Crippen LogP contribution in [0.15, 0.2) is 54.6 Å². The highest BCUT2D eigenvalue weighted by atomic mass is 16.7. The Bertz CT molecular complexity index is 1290. The first kappa shape index (κ1) is 20.9. The van der Waals surface area contributed by atoms with Gasteiger partial charge >= 0.3 is 5.97 Å². The van der Waals surface area contributed by atoms with Gasteiger partial charge in [0.15, 0.2) is 11.5 Å².